The fourth-order valence-corrected chi connectivity index (χ4v) is 4.10. The fourth-order valence-electron chi connectivity index (χ4n) is 4.10. The average molecular weight is 431 g/mol. The summed E-state index contributed by atoms with van der Waals surface area (Å²) in [6, 6.07) is 7.58. The molecule has 1 N–H and O–H groups in total. The second-order valence-corrected chi connectivity index (χ2v) is 8.37. The van der Waals surface area contributed by atoms with Crippen LogP contribution in [-0.2, 0) is 4.79 Å². The summed E-state index contributed by atoms with van der Waals surface area (Å²) in [5.74, 6) is -1.32. The van der Waals surface area contributed by atoms with E-state index in [2.05, 4.69) is 20.2 Å². The van der Waals surface area contributed by atoms with Gasteiger partial charge in [-0.3, -0.25) is 9.78 Å². The fraction of sp³-hybridized carbons (Fsp3) is 0.545. The number of aryl methyl sites for hydroxylation is 1. The molecule has 0 radical (unpaired) electrons. The van der Waals surface area contributed by atoms with E-state index in [-0.39, 0.29) is 24.8 Å². The molecule has 2 aliphatic rings. The highest BCUT2D eigenvalue weighted by molar-refractivity contribution is 5.73. The van der Waals surface area contributed by atoms with Gasteiger partial charge in [0.25, 0.3) is 0 Å². The Bertz CT molecular complexity index is 935. The van der Waals surface area contributed by atoms with Crippen molar-refractivity contribution in [3.63, 3.8) is 0 Å². The van der Waals surface area contributed by atoms with E-state index < -0.39 is 5.92 Å². The maximum absolute atomic E-state index is 13.5. The maximum Gasteiger partial charge on any atom is 0.248 e. The molecule has 31 heavy (non-hydrogen) atoms. The van der Waals surface area contributed by atoms with Crippen molar-refractivity contribution in [2.24, 2.45) is 0 Å². The molecule has 0 atom stereocenters. The summed E-state index contributed by atoms with van der Waals surface area (Å²) in [6.45, 7) is 6.12. The largest absolute Gasteiger partial charge is 0.353 e. The Kier molecular flexibility index (Phi) is 6.02. The van der Waals surface area contributed by atoms with Gasteiger partial charge in [-0.1, -0.05) is 6.07 Å². The minimum absolute atomic E-state index is 0.0726. The van der Waals surface area contributed by atoms with Crippen LogP contribution >= 0.6 is 0 Å². The first-order chi connectivity index (χ1) is 14.8. The van der Waals surface area contributed by atoms with E-state index in [0.717, 1.165) is 17.2 Å². The number of rotatable bonds is 4. The number of pyridine rings is 1. The van der Waals surface area contributed by atoms with Crippen molar-refractivity contribution in [1.29, 1.82) is 0 Å². The van der Waals surface area contributed by atoms with Gasteiger partial charge in [-0.2, -0.15) is 4.98 Å². The summed E-state index contributed by atoms with van der Waals surface area (Å²) >= 11 is 0. The Labute approximate surface area is 180 Å². The number of nitrogens with one attached hydrogen (secondary N) is 1. The van der Waals surface area contributed by atoms with Crippen LogP contribution in [0.1, 0.15) is 38.3 Å². The molecule has 2 aromatic heterocycles. The Morgan fingerprint density at radius 2 is 1.77 bits per heavy atom. The van der Waals surface area contributed by atoms with Crippen LogP contribution in [0.15, 0.2) is 24.3 Å². The van der Waals surface area contributed by atoms with Crippen molar-refractivity contribution < 1.29 is 13.6 Å². The van der Waals surface area contributed by atoms with Gasteiger partial charge in [-0.15, -0.1) is 0 Å². The van der Waals surface area contributed by atoms with Gasteiger partial charge in [0.1, 0.15) is 5.82 Å². The van der Waals surface area contributed by atoms with Crippen molar-refractivity contribution in [3.8, 4) is 11.4 Å². The van der Waals surface area contributed by atoms with Crippen molar-refractivity contribution in [2.75, 3.05) is 36.4 Å². The lowest BCUT2D eigenvalue weighted by Gasteiger charge is -2.35. The summed E-state index contributed by atoms with van der Waals surface area (Å²) in [5.41, 5.74) is 2.31. The standard InChI is InChI=1S/C22H28F2N6O/c1-15-4-3-5-18(25-15)19-14-20(30-12-10-29(11-13-30)16(2)31)28-21(27-19)26-17-6-8-22(23,24)9-7-17/h3-5,14,17H,6-13H2,1-2H3,(H,26,27,28). The molecule has 166 valence electrons. The number of alkyl halides is 2. The predicted octanol–water partition coefficient (Wildman–Crippen LogP) is 3.51. The zero-order chi connectivity index (χ0) is 22.0. The van der Waals surface area contributed by atoms with E-state index in [9.17, 15) is 13.6 Å². The minimum Gasteiger partial charge on any atom is -0.353 e. The first-order valence-electron chi connectivity index (χ1n) is 10.8. The van der Waals surface area contributed by atoms with E-state index in [1.807, 2.05) is 36.1 Å². The molecule has 9 heteroatoms. The molecule has 1 aliphatic heterocycles. The number of hydrogen-bond donors (Lipinski definition) is 1. The lowest BCUT2D eigenvalue weighted by Crippen LogP contribution is -2.48. The molecule has 0 bridgehead atoms. The van der Waals surface area contributed by atoms with Gasteiger partial charge in [-0.05, 0) is 31.9 Å². The highest BCUT2D eigenvalue weighted by Crippen LogP contribution is 2.34. The topological polar surface area (TPSA) is 74.2 Å². The van der Waals surface area contributed by atoms with Crippen molar-refractivity contribution in [2.45, 2.75) is 51.5 Å². The Morgan fingerprint density at radius 3 is 2.42 bits per heavy atom. The van der Waals surface area contributed by atoms with Crippen molar-refractivity contribution in [1.82, 2.24) is 19.9 Å². The molecule has 4 rings (SSSR count). The Hall–Kier alpha value is -2.84. The molecule has 2 fully saturated rings. The van der Waals surface area contributed by atoms with E-state index in [4.69, 9.17) is 4.98 Å². The third-order valence-corrected chi connectivity index (χ3v) is 5.96. The van der Waals surface area contributed by atoms with Gasteiger partial charge in [0.2, 0.25) is 17.8 Å². The summed E-state index contributed by atoms with van der Waals surface area (Å²) in [7, 11) is 0. The number of carbonyl (C=O) groups is 1. The average Bonchev–Trinajstić information content (AvgIpc) is 2.75. The van der Waals surface area contributed by atoms with Gasteiger partial charge >= 0.3 is 0 Å². The number of anilines is 2. The van der Waals surface area contributed by atoms with Crippen molar-refractivity contribution >= 4 is 17.7 Å². The third kappa shape index (κ3) is 5.26. The Morgan fingerprint density at radius 1 is 1.06 bits per heavy atom. The molecule has 0 unspecified atom stereocenters. The van der Waals surface area contributed by atoms with Crippen LogP contribution < -0.4 is 10.2 Å². The second-order valence-electron chi connectivity index (χ2n) is 8.37. The first kappa shape index (κ1) is 21.4. The van der Waals surface area contributed by atoms with Gasteiger partial charge in [0, 0.05) is 63.7 Å². The van der Waals surface area contributed by atoms with E-state index in [0.29, 0.717) is 50.7 Å². The van der Waals surface area contributed by atoms with Crippen LogP contribution in [0.25, 0.3) is 11.4 Å². The van der Waals surface area contributed by atoms with Crippen LogP contribution in [-0.4, -0.2) is 63.9 Å². The molecule has 0 spiro atoms. The molecule has 3 heterocycles. The van der Waals surface area contributed by atoms with Gasteiger partial charge in [0.15, 0.2) is 0 Å². The lowest BCUT2D eigenvalue weighted by atomic mass is 9.92. The molecular formula is C22H28F2N6O. The highest BCUT2D eigenvalue weighted by atomic mass is 19.3. The lowest BCUT2D eigenvalue weighted by molar-refractivity contribution is -0.129. The molecule has 2 aromatic rings. The van der Waals surface area contributed by atoms with Crippen LogP contribution in [0.2, 0.25) is 0 Å². The van der Waals surface area contributed by atoms with Gasteiger partial charge in [-0.25, -0.2) is 13.8 Å². The van der Waals surface area contributed by atoms with E-state index >= 15 is 0 Å². The monoisotopic (exact) mass is 430 g/mol. The molecule has 1 saturated heterocycles. The normalized spacial score (nSPS) is 19.4. The summed E-state index contributed by atoms with van der Waals surface area (Å²) in [5, 5.41) is 3.28. The molecule has 7 nitrogen and oxygen atoms in total. The number of nitrogens with zero attached hydrogens (tertiary/aromatic N) is 5. The van der Waals surface area contributed by atoms with E-state index in [1.165, 1.54) is 0 Å². The molecule has 1 aliphatic carbocycles. The Balaban J connectivity index is 1.59. The number of amides is 1. The quantitative estimate of drug-likeness (QED) is 0.800. The molecule has 1 amide bonds. The van der Waals surface area contributed by atoms with Crippen LogP contribution in [0.3, 0.4) is 0 Å². The van der Waals surface area contributed by atoms with Crippen LogP contribution in [0.4, 0.5) is 20.5 Å². The first-order valence-corrected chi connectivity index (χ1v) is 10.8. The zero-order valence-corrected chi connectivity index (χ0v) is 17.9. The molecule has 0 aromatic carbocycles. The van der Waals surface area contributed by atoms with E-state index in [1.54, 1.807) is 6.92 Å². The second kappa shape index (κ2) is 8.72. The highest BCUT2D eigenvalue weighted by Gasteiger charge is 2.35. The molecule has 1 saturated carbocycles. The minimum atomic E-state index is -2.58. The summed E-state index contributed by atoms with van der Waals surface area (Å²) in [4.78, 5) is 29.5. The smallest absolute Gasteiger partial charge is 0.248 e. The SMILES string of the molecule is CC(=O)N1CCN(c2cc(-c3cccc(C)n3)nc(NC3CCC(F)(F)CC3)n2)CC1. The number of hydrogen-bond acceptors (Lipinski definition) is 6. The third-order valence-electron chi connectivity index (χ3n) is 5.96. The summed E-state index contributed by atoms with van der Waals surface area (Å²) in [6.07, 6.45) is 0.527. The number of halogens is 2. The number of piperazine rings is 1. The van der Waals surface area contributed by atoms with Crippen LogP contribution in [0.5, 0.6) is 0 Å². The molecular weight excluding hydrogens is 402 g/mol. The number of carbonyl (C=O) groups excluding carboxylic acids is 1. The predicted molar refractivity (Wildman–Crippen MR) is 115 cm³/mol. The number of aromatic nitrogens is 3. The summed E-state index contributed by atoms with van der Waals surface area (Å²) < 4.78 is 27.1. The van der Waals surface area contributed by atoms with Gasteiger partial charge in [0.05, 0.1) is 11.4 Å². The van der Waals surface area contributed by atoms with Crippen LogP contribution in [0, 0.1) is 6.92 Å². The zero-order valence-electron chi connectivity index (χ0n) is 17.9. The maximum atomic E-state index is 13.5. The van der Waals surface area contributed by atoms with Gasteiger partial charge < -0.3 is 15.1 Å². The van der Waals surface area contributed by atoms with Crippen molar-refractivity contribution in [3.05, 3.63) is 30.0 Å².